The van der Waals surface area contributed by atoms with Gasteiger partial charge in [0.2, 0.25) is 6.79 Å². The van der Waals surface area contributed by atoms with Crippen molar-refractivity contribution in [2.75, 3.05) is 20.4 Å². The number of nitrogens with zero attached hydrogens (tertiary/aromatic N) is 1. The average molecular weight is 328 g/mol. The molecule has 19 heavy (non-hydrogen) atoms. The van der Waals surface area contributed by atoms with E-state index in [0.717, 1.165) is 40.5 Å². The molecular weight excluding hydrogens is 310 g/mol. The fourth-order valence-corrected chi connectivity index (χ4v) is 2.38. The first-order chi connectivity index (χ1) is 9.24. The van der Waals surface area contributed by atoms with Crippen LogP contribution >= 0.6 is 15.9 Å². The Kier molecular flexibility index (Phi) is 4.90. The van der Waals surface area contributed by atoms with Crippen LogP contribution in [-0.2, 0) is 6.54 Å². The Bertz CT molecular complexity index is 477. The van der Waals surface area contributed by atoms with E-state index < -0.39 is 0 Å². The minimum atomic E-state index is 0.282. The zero-order chi connectivity index (χ0) is 13.7. The lowest BCUT2D eigenvalue weighted by atomic mass is 10.2. The number of hydrogen-bond acceptors (Lipinski definition) is 3. The molecule has 6 heteroatoms. The van der Waals surface area contributed by atoms with Crippen LogP contribution in [0.15, 0.2) is 21.6 Å². The fraction of sp³-hybridized carbons (Fsp3) is 0.462. The Labute approximate surface area is 121 Å². The van der Waals surface area contributed by atoms with E-state index in [1.165, 1.54) is 0 Å². The van der Waals surface area contributed by atoms with Crippen molar-refractivity contribution in [2.45, 2.75) is 19.9 Å². The van der Waals surface area contributed by atoms with Crippen molar-refractivity contribution in [1.82, 2.24) is 10.6 Å². The number of aliphatic imine (C=N–C) groups is 1. The molecule has 1 aliphatic heterocycles. The minimum absolute atomic E-state index is 0.282. The summed E-state index contributed by atoms with van der Waals surface area (Å²) in [7, 11) is 1.76. The first kappa shape index (κ1) is 14.0. The zero-order valence-corrected chi connectivity index (χ0v) is 12.7. The summed E-state index contributed by atoms with van der Waals surface area (Å²) in [6, 6.07) is 4.00. The lowest BCUT2D eigenvalue weighted by Crippen LogP contribution is -2.37. The van der Waals surface area contributed by atoms with E-state index in [0.29, 0.717) is 6.54 Å². The highest BCUT2D eigenvalue weighted by atomic mass is 79.9. The zero-order valence-electron chi connectivity index (χ0n) is 11.1. The normalized spacial score (nSPS) is 13.5. The van der Waals surface area contributed by atoms with Gasteiger partial charge in [-0.25, -0.2) is 0 Å². The molecule has 1 aromatic rings. The van der Waals surface area contributed by atoms with Gasteiger partial charge < -0.3 is 20.1 Å². The molecule has 0 radical (unpaired) electrons. The molecule has 0 unspecified atom stereocenters. The van der Waals surface area contributed by atoms with Crippen molar-refractivity contribution >= 4 is 21.9 Å². The summed E-state index contributed by atoms with van der Waals surface area (Å²) >= 11 is 3.49. The largest absolute Gasteiger partial charge is 0.454 e. The van der Waals surface area contributed by atoms with Crippen molar-refractivity contribution in [2.24, 2.45) is 4.99 Å². The number of ether oxygens (including phenoxy) is 2. The Balaban J connectivity index is 1.98. The van der Waals surface area contributed by atoms with Crippen molar-refractivity contribution in [1.29, 1.82) is 0 Å². The molecule has 0 fully saturated rings. The lowest BCUT2D eigenvalue weighted by molar-refractivity contribution is 0.173. The monoisotopic (exact) mass is 327 g/mol. The SMILES string of the molecule is CCCNC(=NC)NCc1cc(Br)c2c(c1)OCO2. The molecule has 104 valence electrons. The second-order valence-electron chi connectivity index (χ2n) is 4.16. The molecule has 2 N–H and O–H groups in total. The minimum Gasteiger partial charge on any atom is -0.454 e. The van der Waals surface area contributed by atoms with Crippen molar-refractivity contribution in [3.63, 3.8) is 0 Å². The van der Waals surface area contributed by atoms with Gasteiger partial charge in [0.1, 0.15) is 0 Å². The molecule has 5 nitrogen and oxygen atoms in total. The number of fused-ring (bicyclic) bond motifs is 1. The van der Waals surface area contributed by atoms with E-state index in [1.807, 2.05) is 12.1 Å². The van der Waals surface area contributed by atoms with Crippen LogP contribution in [0.4, 0.5) is 0 Å². The van der Waals surface area contributed by atoms with Crippen LogP contribution in [0, 0.1) is 0 Å². The Morgan fingerprint density at radius 3 is 2.95 bits per heavy atom. The summed E-state index contributed by atoms with van der Waals surface area (Å²) < 4.78 is 11.7. The summed E-state index contributed by atoms with van der Waals surface area (Å²) in [5.41, 5.74) is 1.11. The van der Waals surface area contributed by atoms with E-state index in [4.69, 9.17) is 9.47 Å². The number of halogens is 1. The topological polar surface area (TPSA) is 54.9 Å². The van der Waals surface area contributed by atoms with Gasteiger partial charge in [0, 0.05) is 20.1 Å². The van der Waals surface area contributed by atoms with Gasteiger partial charge in [-0.3, -0.25) is 4.99 Å². The number of benzene rings is 1. The third kappa shape index (κ3) is 3.53. The first-order valence-electron chi connectivity index (χ1n) is 6.27. The molecule has 0 aromatic heterocycles. The molecule has 0 bridgehead atoms. The molecule has 2 rings (SSSR count). The van der Waals surface area contributed by atoms with E-state index in [-0.39, 0.29) is 6.79 Å². The molecule has 0 spiro atoms. The third-order valence-corrected chi connectivity index (χ3v) is 3.30. The summed E-state index contributed by atoms with van der Waals surface area (Å²) in [5.74, 6) is 2.36. The van der Waals surface area contributed by atoms with Gasteiger partial charge in [0.15, 0.2) is 17.5 Å². The number of guanidine groups is 1. The molecule has 1 heterocycles. The maximum atomic E-state index is 5.39. The highest BCUT2D eigenvalue weighted by molar-refractivity contribution is 9.10. The van der Waals surface area contributed by atoms with Crippen molar-refractivity contribution in [3.8, 4) is 11.5 Å². The number of hydrogen-bond donors (Lipinski definition) is 2. The van der Waals surface area contributed by atoms with Crippen LogP contribution < -0.4 is 20.1 Å². The van der Waals surface area contributed by atoms with Crippen molar-refractivity contribution in [3.05, 3.63) is 22.2 Å². The van der Waals surface area contributed by atoms with Gasteiger partial charge in [-0.1, -0.05) is 6.92 Å². The van der Waals surface area contributed by atoms with E-state index in [9.17, 15) is 0 Å². The summed E-state index contributed by atoms with van der Waals surface area (Å²) in [4.78, 5) is 4.16. The molecule has 0 atom stereocenters. The standard InChI is InChI=1S/C13H18BrN3O2/c1-3-4-16-13(15-2)17-7-9-5-10(14)12-11(6-9)18-8-19-12/h5-6H,3-4,7-8H2,1-2H3,(H2,15,16,17). The van der Waals surface area contributed by atoms with Crippen molar-refractivity contribution < 1.29 is 9.47 Å². The Hall–Kier alpha value is -1.43. The quantitative estimate of drug-likeness (QED) is 0.658. The van der Waals surface area contributed by atoms with E-state index >= 15 is 0 Å². The number of nitrogens with one attached hydrogen (secondary N) is 2. The summed E-state index contributed by atoms with van der Waals surface area (Å²) in [6.45, 7) is 3.99. The van der Waals surface area contributed by atoms with Crippen LogP contribution in [0.25, 0.3) is 0 Å². The maximum absolute atomic E-state index is 5.39. The smallest absolute Gasteiger partial charge is 0.231 e. The van der Waals surface area contributed by atoms with Crippen LogP contribution in [0.3, 0.4) is 0 Å². The Morgan fingerprint density at radius 1 is 1.37 bits per heavy atom. The van der Waals surface area contributed by atoms with Crippen LogP contribution in [0.1, 0.15) is 18.9 Å². The van der Waals surface area contributed by atoms with Crippen LogP contribution in [-0.4, -0.2) is 26.3 Å². The third-order valence-electron chi connectivity index (χ3n) is 2.71. The van der Waals surface area contributed by atoms with Gasteiger partial charge in [-0.2, -0.15) is 0 Å². The molecular formula is C13H18BrN3O2. The summed E-state index contributed by atoms with van der Waals surface area (Å²) in [6.07, 6.45) is 1.07. The molecule has 0 amide bonds. The predicted octanol–water partition coefficient (Wildman–Crippen LogP) is 2.25. The van der Waals surface area contributed by atoms with Gasteiger partial charge in [-0.15, -0.1) is 0 Å². The maximum Gasteiger partial charge on any atom is 0.231 e. The molecule has 0 saturated heterocycles. The highest BCUT2D eigenvalue weighted by Gasteiger charge is 2.17. The molecule has 0 saturated carbocycles. The number of rotatable bonds is 4. The van der Waals surface area contributed by atoms with Gasteiger partial charge >= 0.3 is 0 Å². The average Bonchev–Trinajstić information content (AvgIpc) is 2.88. The lowest BCUT2D eigenvalue weighted by Gasteiger charge is -2.11. The van der Waals surface area contributed by atoms with Crippen LogP contribution in [0.5, 0.6) is 11.5 Å². The molecule has 1 aromatic carbocycles. The van der Waals surface area contributed by atoms with Gasteiger partial charge in [0.05, 0.1) is 4.47 Å². The predicted molar refractivity (Wildman–Crippen MR) is 78.8 cm³/mol. The Morgan fingerprint density at radius 2 is 2.21 bits per heavy atom. The van der Waals surface area contributed by atoms with Gasteiger partial charge in [0.25, 0.3) is 0 Å². The van der Waals surface area contributed by atoms with E-state index in [1.54, 1.807) is 7.05 Å². The first-order valence-corrected chi connectivity index (χ1v) is 7.06. The molecule has 1 aliphatic rings. The van der Waals surface area contributed by atoms with E-state index in [2.05, 4.69) is 38.5 Å². The highest BCUT2D eigenvalue weighted by Crippen LogP contribution is 2.39. The molecule has 0 aliphatic carbocycles. The van der Waals surface area contributed by atoms with Crippen LogP contribution in [0.2, 0.25) is 0 Å². The summed E-state index contributed by atoms with van der Waals surface area (Å²) in [5, 5.41) is 6.49. The van der Waals surface area contributed by atoms with Gasteiger partial charge in [-0.05, 0) is 40.0 Å². The second-order valence-corrected chi connectivity index (χ2v) is 5.02. The second kappa shape index (κ2) is 6.65. The fourth-order valence-electron chi connectivity index (χ4n) is 1.77.